The first kappa shape index (κ1) is 33.4. The topological polar surface area (TPSA) is 186 Å². The van der Waals surface area contributed by atoms with Crippen LogP contribution >= 0.6 is 7.75 Å². The van der Waals surface area contributed by atoms with E-state index in [1.54, 1.807) is 0 Å². The number of rotatable bonds is 19. The van der Waals surface area contributed by atoms with Gasteiger partial charge < -0.3 is 34.7 Å². The van der Waals surface area contributed by atoms with Crippen LogP contribution in [-0.2, 0) is 37.4 Å². The molecule has 0 aromatic rings. The van der Waals surface area contributed by atoms with Crippen LogP contribution in [-0.4, -0.2) is 87.0 Å². The molecule has 0 fully saturated rings. The molecular formula is C21H40N3O11P. The molecule has 0 spiro atoms. The van der Waals surface area contributed by atoms with E-state index < -0.39 is 51.2 Å². The lowest BCUT2D eigenvalue weighted by Crippen LogP contribution is -2.44. The molecule has 0 saturated heterocycles. The third kappa shape index (κ3) is 16.2. The highest BCUT2D eigenvalue weighted by atomic mass is 31.2. The van der Waals surface area contributed by atoms with E-state index in [4.69, 9.17) is 38.8 Å². The number of nitrogens with zero attached hydrogens (tertiary/aromatic N) is 2. The van der Waals surface area contributed by atoms with E-state index in [1.807, 2.05) is 13.8 Å². The first-order valence-corrected chi connectivity index (χ1v) is 13.3. The molecule has 1 unspecified atom stereocenters. The normalized spacial score (nSPS) is 12.5. The summed E-state index contributed by atoms with van der Waals surface area (Å²) < 4.78 is 46.5. The minimum absolute atomic E-state index is 0.213. The highest BCUT2D eigenvalue weighted by Gasteiger charge is 2.28. The number of carboxylic acids is 1. The summed E-state index contributed by atoms with van der Waals surface area (Å²) in [5.74, 6) is -1.62. The van der Waals surface area contributed by atoms with E-state index in [9.17, 15) is 18.9 Å². The molecule has 0 heterocycles. The molecule has 210 valence electrons. The maximum atomic E-state index is 13.1. The van der Waals surface area contributed by atoms with E-state index in [0.29, 0.717) is 12.8 Å². The average Bonchev–Trinajstić information content (AvgIpc) is 2.84. The second kappa shape index (κ2) is 19.6. The van der Waals surface area contributed by atoms with Crippen molar-refractivity contribution in [2.75, 3.05) is 46.7 Å². The Bertz CT molecular complexity index is 700. The van der Waals surface area contributed by atoms with Gasteiger partial charge in [0.05, 0.1) is 26.4 Å². The summed E-state index contributed by atoms with van der Waals surface area (Å²) >= 11 is 0. The molecule has 36 heavy (non-hydrogen) atoms. The smallest absolute Gasteiger partial charge is 0.480 e. The highest BCUT2D eigenvalue weighted by Crippen LogP contribution is 2.49. The summed E-state index contributed by atoms with van der Waals surface area (Å²) in [6.07, 6.45) is 3.35. The third-order valence-corrected chi connectivity index (χ3v) is 6.04. The van der Waals surface area contributed by atoms with Gasteiger partial charge in [0.25, 0.3) is 0 Å². The van der Waals surface area contributed by atoms with Gasteiger partial charge in [0.15, 0.2) is 0 Å². The molecule has 3 N–H and O–H groups in total. The first-order valence-electron chi connectivity index (χ1n) is 11.9. The van der Waals surface area contributed by atoms with Crippen molar-refractivity contribution < 1.29 is 52.1 Å². The van der Waals surface area contributed by atoms with Crippen molar-refractivity contribution in [3.05, 3.63) is 0 Å². The fourth-order valence-corrected chi connectivity index (χ4v) is 3.50. The molecule has 14 nitrogen and oxygen atoms in total. The number of carbonyl (C=O) groups excluding carboxylic acids is 2. The Kier molecular flexibility index (Phi) is 18.2. The number of ether oxygens (including phenoxy) is 4. The standard InChI is InChI=1S/C21H40N3O11P/c1-5-7-9-11-30-20(27)32-13-15-34-36(29,23-19(22)24(4)17(3)18(25)26)35-16-14-33-21(28)31-12-10-8-6-2/h17H,5-16H2,1-4H3,(H,25,26)(H2,22,23,29). The monoisotopic (exact) mass is 541 g/mol. The predicted octanol–water partition coefficient (Wildman–Crippen LogP) is 3.53. The van der Waals surface area contributed by atoms with Gasteiger partial charge in [0.2, 0.25) is 5.96 Å². The van der Waals surface area contributed by atoms with Gasteiger partial charge in [-0.2, -0.15) is 0 Å². The summed E-state index contributed by atoms with van der Waals surface area (Å²) in [5.41, 5.74) is 5.78. The lowest BCUT2D eigenvalue weighted by Gasteiger charge is -2.23. The van der Waals surface area contributed by atoms with Gasteiger partial charge in [-0.15, -0.1) is 4.76 Å². The summed E-state index contributed by atoms with van der Waals surface area (Å²) in [7, 11) is -2.98. The van der Waals surface area contributed by atoms with Gasteiger partial charge >= 0.3 is 26.0 Å². The van der Waals surface area contributed by atoms with Crippen molar-refractivity contribution in [1.82, 2.24) is 4.90 Å². The number of nitrogens with two attached hydrogens (primary N) is 1. The van der Waals surface area contributed by atoms with Crippen LogP contribution in [0.2, 0.25) is 0 Å². The van der Waals surface area contributed by atoms with E-state index in [1.165, 1.54) is 14.0 Å². The first-order chi connectivity index (χ1) is 17.1. The van der Waals surface area contributed by atoms with Gasteiger partial charge in [-0.25, -0.2) is 18.9 Å². The van der Waals surface area contributed by atoms with Crippen molar-refractivity contribution in [2.45, 2.75) is 65.3 Å². The van der Waals surface area contributed by atoms with Crippen LogP contribution in [0.3, 0.4) is 0 Å². The van der Waals surface area contributed by atoms with E-state index in [0.717, 1.165) is 30.6 Å². The largest absolute Gasteiger partial charge is 0.508 e. The molecule has 0 amide bonds. The van der Waals surface area contributed by atoms with Gasteiger partial charge in [0, 0.05) is 7.05 Å². The number of carboxylic acid groups (broad SMARTS) is 1. The lowest BCUT2D eigenvalue weighted by molar-refractivity contribution is -0.140. The van der Waals surface area contributed by atoms with Crippen LogP contribution in [0.5, 0.6) is 0 Å². The molecule has 0 radical (unpaired) electrons. The Morgan fingerprint density at radius 3 is 1.64 bits per heavy atom. The van der Waals surface area contributed by atoms with E-state index in [2.05, 4.69) is 4.76 Å². The molecule has 0 aliphatic rings. The maximum absolute atomic E-state index is 13.1. The van der Waals surface area contributed by atoms with E-state index >= 15 is 0 Å². The Balaban J connectivity index is 4.86. The SMILES string of the molecule is CCCCCOC(=O)OCCOP(=O)(N=C(N)N(C)C(C)C(=O)O)OCCOC(=O)OCCCCC. The fourth-order valence-electron chi connectivity index (χ4n) is 2.31. The summed E-state index contributed by atoms with van der Waals surface area (Å²) in [6.45, 7) is 4.37. The zero-order chi connectivity index (χ0) is 27.4. The predicted molar refractivity (Wildman–Crippen MR) is 130 cm³/mol. The second-order valence-corrected chi connectivity index (χ2v) is 9.18. The summed E-state index contributed by atoms with van der Waals surface area (Å²) in [6, 6.07) is -1.08. The molecule has 0 aromatic heterocycles. The molecule has 0 aromatic carbocycles. The van der Waals surface area contributed by atoms with Gasteiger partial charge in [0.1, 0.15) is 19.3 Å². The molecule has 0 rings (SSSR count). The van der Waals surface area contributed by atoms with Crippen molar-refractivity contribution in [1.29, 1.82) is 0 Å². The highest BCUT2D eigenvalue weighted by molar-refractivity contribution is 7.52. The minimum Gasteiger partial charge on any atom is -0.480 e. The summed E-state index contributed by atoms with van der Waals surface area (Å²) in [4.78, 5) is 35.3. The van der Waals surface area contributed by atoms with Crippen molar-refractivity contribution in [2.24, 2.45) is 10.5 Å². The lowest BCUT2D eigenvalue weighted by atomic mass is 10.3. The molecule has 0 bridgehead atoms. The van der Waals surface area contributed by atoms with Gasteiger partial charge in [-0.05, 0) is 19.8 Å². The second-order valence-electron chi connectivity index (χ2n) is 7.53. The minimum atomic E-state index is -4.32. The van der Waals surface area contributed by atoms with Crippen LogP contribution < -0.4 is 5.73 Å². The fraction of sp³-hybridized carbons (Fsp3) is 0.810. The summed E-state index contributed by atoms with van der Waals surface area (Å²) in [5, 5.41) is 9.13. The van der Waals surface area contributed by atoms with Gasteiger partial charge in [-0.3, -0.25) is 9.05 Å². The van der Waals surface area contributed by atoms with Crippen molar-refractivity contribution in [3.63, 3.8) is 0 Å². The van der Waals surface area contributed by atoms with Gasteiger partial charge in [-0.1, -0.05) is 39.5 Å². The number of aliphatic carboxylic acids is 1. The third-order valence-electron chi connectivity index (χ3n) is 4.58. The van der Waals surface area contributed by atoms with Crippen LogP contribution in [0.25, 0.3) is 0 Å². The average molecular weight is 542 g/mol. The number of likely N-dealkylation sites (N-methyl/N-ethyl adjacent to an activating group) is 1. The molecule has 0 aliphatic carbocycles. The van der Waals surface area contributed by atoms with Crippen LogP contribution in [0.4, 0.5) is 9.59 Å². The van der Waals surface area contributed by atoms with Crippen molar-refractivity contribution in [3.8, 4) is 0 Å². The molecule has 15 heteroatoms. The molecule has 1 atom stereocenters. The number of hydrogen-bond donors (Lipinski definition) is 2. The Labute approximate surface area is 212 Å². The van der Waals surface area contributed by atoms with Crippen LogP contribution in [0.15, 0.2) is 4.76 Å². The zero-order valence-electron chi connectivity index (χ0n) is 21.5. The Morgan fingerprint density at radius 2 is 1.25 bits per heavy atom. The van der Waals surface area contributed by atoms with Crippen LogP contribution in [0.1, 0.15) is 59.3 Å². The molecule has 0 saturated carbocycles. The Hall–Kier alpha value is -2.57. The zero-order valence-corrected chi connectivity index (χ0v) is 22.4. The quantitative estimate of drug-likeness (QED) is 0.0796. The molecule has 0 aliphatic heterocycles. The molecular weight excluding hydrogens is 501 g/mol. The van der Waals surface area contributed by atoms with Crippen molar-refractivity contribution >= 4 is 32.0 Å². The maximum Gasteiger partial charge on any atom is 0.508 e. The number of guanidine groups is 1. The van der Waals surface area contributed by atoms with Crippen LogP contribution in [0, 0.1) is 0 Å². The number of hydrogen-bond acceptors (Lipinski definition) is 10. The number of unbranched alkanes of at least 4 members (excludes halogenated alkanes) is 4. The number of carbonyl (C=O) groups is 3. The Morgan fingerprint density at radius 1 is 0.833 bits per heavy atom. The van der Waals surface area contributed by atoms with E-state index in [-0.39, 0.29) is 26.4 Å².